The van der Waals surface area contributed by atoms with Gasteiger partial charge in [-0.3, -0.25) is 4.90 Å². The summed E-state index contributed by atoms with van der Waals surface area (Å²) in [5, 5.41) is 31.3. The molecule has 1 heterocycles. The highest BCUT2D eigenvalue weighted by molar-refractivity contribution is 5.84. The number of methoxy groups -OCH3 is 2. The lowest BCUT2D eigenvalue weighted by Gasteiger charge is -2.42. The molecule has 0 saturated heterocycles. The predicted octanol–water partition coefficient (Wildman–Crippen LogP) is 2.36. The van der Waals surface area contributed by atoms with Crippen molar-refractivity contribution in [1.82, 2.24) is 4.90 Å². The average molecular weight is 343 g/mol. The van der Waals surface area contributed by atoms with Crippen molar-refractivity contribution in [2.24, 2.45) is 0 Å². The largest absolute Gasteiger partial charge is 0.504 e. The maximum atomic E-state index is 10.6. The van der Waals surface area contributed by atoms with Crippen molar-refractivity contribution >= 4 is 0 Å². The zero-order valence-electron chi connectivity index (χ0n) is 14.4. The first kappa shape index (κ1) is 16.1. The minimum Gasteiger partial charge on any atom is -0.504 e. The summed E-state index contributed by atoms with van der Waals surface area (Å²) in [6.45, 7) is 0.476. The molecule has 0 fully saturated rings. The van der Waals surface area contributed by atoms with Crippen LogP contribution in [0.1, 0.15) is 28.8 Å². The second-order valence-corrected chi connectivity index (χ2v) is 6.66. The molecule has 25 heavy (non-hydrogen) atoms. The predicted molar refractivity (Wildman–Crippen MR) is 92.3 cm³/mol. The van der Waals surface area contributed by atoms with E-state index in [1.807, 2.05) is 19.2 Å². The molecule has 2 atom stereocenters. The van der Waals surface area contributed by atoms with Crippen LogP contribution in [-0.4, -0.2) is 48.0 Å². The lowest BCUT2D eigenvalue weighted by molar-refractivity contribution is 0.0828. The van der Waals surface area contributed by atoms with Gasteiger partial charge in [-0.05, 0) is 53.9 Å². The summed E-state index contributed by atoms with van der Waals surface area (Å²) in [6, 6.07) is 5.23. The molecule has 0 spiro atoms. The summed E-state index contributed by atoms with van der Waals surface area (Å²) in [6.07, 6.45) is 0.0199. The number of likely N-dealkylation sites (N-methyl/N-ethyl adjacent to an activating group) is 1. The molecule has 1 unspecified atom stereocenters. The Bertz CT molecular complexity index is 864. The fourth-order valence-electron chi connectivity index (χ4n) is 4.11. The average Bonchev–Trinajstić information content (AvgIpc) is 2.60. The van der Waals surface area contributed by atoms with E-state index in [0.29, 0.717) is 29.2 Å². The van der Waals surface area contributed by atoms with Crippen LogP contribution in [0.25, 0.3) is 11.1 Å². The van der Waals surface area contributed by atoms with Crippen molar-refractivity contribution in [3.8, 4) is 34.1 Å². The SMILES string of the molecule is COc1cc2c(cc1OC)-c1c(O)c(O)cc3c1[C@H](C2)N(C)CC3O. The highest BCUT2D eigenvalue weighted by Gasteiger charge is 2.39. The molecule has 2 aliphatic rings. The first-order valence-corrected chi connectivity index (χ1v) is 8.18. The van der Waals surface area contributed by atoms with E-state index in [9.17, 15) is 15.3 Å². The summed E-state index contributed by atoms with van der Waals surface area (Å²) >= 11 is 0. The van der Waals surface area contributed by atoms with Crippen LogP contribution in [-0.2, 0) is 6.42 Å². The summed E-state index contributed by atoms with van der Waals surface area (Å²) in [7, 11) is 5.10. The highest BCUT2D eigenvalue weighted by atomic mass is 16.5. The Morgan fingerprint density at radius 3 is 2.44 bits per heavy atom. The summed E-state index contributed by atoms with van der Waals surface area (Å²) in [5.41, 5.74) is 3.91. The number of aromatic hydroxyl groups is 2. The Kier molecular flexibility index (Phi) is 3.56. The molecule has 2 aromatic carbocycles. The maximum absolute atomic E-state index is 10.6. The number of β-amino-alcohol motifs (C(OH)–C–C–N with tert-alkyl or cyclic N) is 1. The Balaban J connectivity index is 2.06. The van der Waals surface area contributed by atoms with Crippen LogP contribution in [0.4, 0.5) is 0 Å². The van der Waals surface area contributed by atoms with Gasteiger partial charge in [-0.2, -0.15) is 0 Å². The van der Waals surface area contributed by atoms with Gasteiger partial charge in [0, 0.05) is 18.2 Å². The molecule has 0 amide bonds. The van der Waals surface area contributed by atoms with Crippen molar-refractivity contribution in [3.63, 3.8) is 0 Å². The molecule has 0 saturated carbocycles. The van der Waals surface area contributed by atoms with E-state index in [0.717, 1.165) is 23.1 Å². The van der Waals surface area contributed by atoms with E-state index in [1.54, 1.807) is 14.2 Å². The van der Waals surface area contributed by atoms with Crippen LogP contribution < -0.4 is 9.47 Å². The molecule has 6 heteroatoms. The molecule has 6 nitrogen and oxygen atoms in total. The van der Waals surface area contributed by atoms with Crippen LogP contribution in [0.15, 0.2) is 18.2 Å². The zero-order chi connectivity index (χ0) is 17.9. The summed E-state index contributed by atoms with van der Waals surface area (Å²) in [4.78, 5) is 2.08. The number of phenolic OH excluding ortho intramolecular Hbond substituents is 2. The van der Waals surface area contributed by atoms with Crippen molar-refractivity contribution in [2.75, 3.05) is 27.8 Å². The van der Waals surface area contributed by atoms with Gasteiger partial charge >= 0.3 is 0 Å². The van der Waals surface area contributed by atoms with E-state index in [-0.39, 0.29) is 17.5 Å². The topological polar surface area (TPSA) is 82.4 Å². The number of aliphatic hydroxyl groups is 1. The van der Waals surface area contributed by atoms with Crippen LogP contribution in [0.3, 0.4) is 0 Å². The molecule has 132 valence electrons. The van der Waals surface area contributed by atoms with Crippen molar-refractivity contribution in [2.45, 2.75) is 18.6 Å². The number of hydrogen-bond donors (Lipinski definition) is 3. The molecule has 0 bridgehead atoms. The fourth-order valence-corrected chi connectivity index (χ4v) is 4.11. The normalized spacial score (nSPS) is 21.4. The number of benzene rings is 2. The third-order valence-electron chi connectivity index (χ3n) is 5.33. The molecule has 3 N–H and O–H groups in total. The Morgan fingerprint density at radius 2 is 1.76 bits per heavy atom. The molecule has 4 rings (SSSR count). The zero-order valence-corrected chi connectivity index (χ0v) is 14.4. The number of nitrogens with zero attached hydrogens (tertiary/aromatic N) is 1. The molecular formula is C19H21NO5. The van der Waals surface area contributed by atoms with Crippen LogP contribution in [0, 0.1) is 0 Å². The number of aliphatic hydroxyl groups excluding tert-OH is 1. The third kappa shape index (κ3) is 2.18. The number of hydrogen-bond acceptors (Lipinski definition) is 6. The highest BCUT2D eigenvalue weighted by Crippen LogP contribution is 2.54. The van der Waals surface area contributed by atoms with Crippen molar-refractivity contribution in [1.29, 1.82) is 0 Å². The van der Waals surface area contributed by atoms with Crippen LogP contribution >= 0.6 is 0 Å². The Morgan fingerprint density at radius 1 is 1.08 bits per heavy atom. The van der Waals surface area contributed by atoms with E-state index >= 15 is 0 Å². The van der Waals surface area contributed by atoms with Gasteiger partial charge < -0.3 is 24.8 Å². The van der Waals surface area contributed by atoms with Gasteiger partial charge in [-0.25, -0.2) is 0 Å². The number of fused-ring (bicyclic) bond motifs is 2. The second-order valence-electron chi connectivity index (χ2n) is 6.66. The Hall–Kier alpha value is -2.44. The van der Waals surface area contributed by atoms with Gasteiger partial charge in [-0.15, -0.1) is 0 Å². The molecular weight excluding hydrogens is 322 g/mol. The standard InChI is InChI=1S/C19H21NO5/c1-20-8-14(22)11-6-13(21)19(23)18-10-7-16(25-3)15(24-2)5-9(10)4-12(20)17(11)18/h5-7,12,14,21-23H,4,8H2,1-3H3/t12-,14?/m0/s1. The lowest BCUT2D eigenvalue weighted by Crippen LogP contribution is -2.38. The van der Waals surface area contributed by atoms with E-state index in [4.69, 9.17) is 9.47 Å². The van der Waals surface area contributed by atoms with E-state index in [1.165, 1.54) is 6.07 Å². The number of ether oxygens (including phenoxy) is 2. The number of phenols is 2. The molecule has 0 radical (unpaired) electrons. The molecule has 0 aromatic heterocycles. The third-order valence-corrected chi connectivity index (χ3v) is 5.33. The first-order chi connectivity index (χ1) is 12.0. The minimum atomic E-state index is -0.705. The Labute approximate surface area is 145 Å². The van der Waals surface area contributed by atoms with Gasteiger partial charge in [0.2, 0.25) is 0 Å². The van der Waals surface area contributed by atoms with Crippen LogP contribution in [0.5, 0.6) is 23.0 Å². The van der Waals surface area contributed by atoms with Crippen molar-refractivity contribution < 1.29 is 24.8 Å². The quantitative estimate of drug-likeness (QED) is 0.726. The first-order valence-electron chi connectivity index (χ1n) is 8.18. The molecule has 1 aliphatic heterocycles. The summed E-state index contributed by atoms with van der Waals surface area (Å²) in [5.74, 6) is 0.794. The minimum absolute atomic E-state index is 0.0190. The smallest absolute Gasteiger partial charge is 0.165 e. The van der Waals surface area contributed by atoms with Gasteiger partial charge in [0.15, 0.2) is 23.0 Å². The maximum Gasteiger partial charge on any atom is 0.165 e. The van der Waals surface area contributed by atoms with Crippen molar-refractivity contribution in [3.05, 3.63) is 34.9 Å². The van der Waals surface area contributed by atoms with E-state index < -0.39 is 6.10 Å². The number of rotatable bonds is 2. The van der Waals surface area contributed by atoms with Gasteiger partial charge in [-0.1, -0.05) is 0 Å². The molecule has 2 aromatic rings. The lowest BCUT2D eigenvalue weighted by atomic mass is 9.76. The molecule has 1 aliphatic carbocycles. The van der Waals surface area contributed by atoms with Gasteiger partial charge in [0.05, 0.1) is 20.3 Å². The summed E-state index contributed by atoms with van der Waals surface area (Å²) < 4.78 is 10.8. The monoisotopic (exact) mass is 343 g/mol. The second kappa shape index (κ2) is 5.54. The van der Waals surface area contributed by atoms with Gasteiger partial charge in [0.1, 0.15) is 0 Å². The van der Waals surface area contributed by atoms with Gasteiger partial charge in [0.25, 0.3) is 0 Å². The fraction of sp³-hybridized carbons (Fsp3) is 0.368. The van der Waals surface area contributed by atoms with Crippen LogP contribution in [0.2, 0.25) is 0 Å². The van der Waals surface area contributed by atoms with E-state index in [2.05, 4.69) is 4.90 Å².